The van der Waals surface area contributed by atoms with E-state index in [0.29, 0.717) is 19.3 Å². The average molecular weight is 409 g/mol. The lowest BCUT2D eigenvalue weighted by Gasteiger charge is -2.17. The highest BCUT2D eigenvalue weighted by Crippen LogP contribution is 2.37. The highest BCUT2D eigenvalue weighted by molar-refractivity contribution is 8.27. The van der Waals surface area contributed by atoms with Crippen LogP contribution in [0, 0.1) is 0 Å². The monoisotopic (exact) mass is 408 g/mol. The maximum absolute atomic E-state index is 12.8. The maximum atomic E-state index is 12.8. The Morgan fingerprint density at radius 1 is 1.08 bits per heavy atom. The molecule has 0 unspecified atom stereocenters. The molecule has 7 heteroatoms. The van der Waals surface area contributed by atoms with E-state index in [1.165, 1.54) is 11.8 Å². The molecule has 0 N–H and O–H groups in total. The molecule has 3 rings (SSSR count). The molecule has 1 fully saturated rings. The minimum Gasteiger partial charge on any atom is -0.378 e. The summed E-state index contributed by atoms with van der Waals surface area (Å²) in [7, 11) is 3.93. The lowest BCUT2D eigenvalue weighted by atomic mass is 10.2. The number of rotatable bonds is 3. The summed E-state index contributed by atoms with van der Waals surface area (Å²) in [5.74, 6) is -0.140. The molecule has 1 aliphatic rings. The second-order valence-electron chi connectivity index (χ2n) is 5.60. The van der Waals surface area contributed by atoms with Crippen LogP contribution < -0.4 is 9.80 Å². The van der Waals surface area contributed by atoms with Crippen LogP contribution in [-0.4, -0.2) is 24.3 Å². The van der Waals surface area contributed by atoms with Crippen LogP contribution >= 0.6 is 47.2 Å². The van der Waals surface area contributed by atoms with Crippen LogP contribution in [0.5, 0.6) is 0 Å². The van der Waals surface area contributed by atoms with Crippen molar-refractivity contribution in [3.8, 4) is 0 Å². The molecule has 0 spiro atoms. The van der Waals surface area contributed by atoms with Crippen molar-refractivity contribution in [2.24, 2.45) is 0 Å². The van der Waals surface area contributed by atoms with Gasteiger partial charge in [0.15, 0.2) is 4.32 Å². The summed E-state index contributed by atoms with van der Waals surface area (Å²) in [4.78, 5) is 16.9. The van der Waals surface area contributed by atoms with Gasteiger partial charge in [0.1, 0.15) is 0 Å². The fraction of sp³-hybridized carbons (Fsp3) is 0.111. The molecule has 2 aromatic rings. The number of carbonyl (C=O) groups excluding carboxylic acids is 1. The lowest BCUT2D eigenvalue weighted by Crippen LogP contribution is -2.27. The van der Waals surface area contributed by atoms with Crippen molar-refractivity contribution < 1.29 is 4.79 Å². The molecule has 2 aromatic carbocycles. The van der Waals surface area contributed by atoms with Gasteiger partial charge in [0.2, 0.25) is 0 Å². The Morgan fingerprint density at radius 2 is 1.76 bits per heavy atom. The third kappa shape index (κ3) is 3.85. The number of halogens is 2. The van der Waals surface area contributed by atoms with Crippen molar-refractivity contribution in [2.45, 2.75) is 0 Å². The Balaban J connectivity index is 1.89. The molecule has 1 amide bonds. The molecule has 0 saturated carbocycles. The van der Waals surface area contributed by atoms with Gasteiger partial charge in [-0.05, 0) is 48.0 Å². The number of hydrogen-bond donors (Lipinski definition) is 0. The first kappa shape index (κ1) is 18.3. The van der Waals surface area contributed by atoms with Crippen LogP contribution in [0.2, 0.25) is 10.0 Å². The third-order valence-electron chi connectivity index (χ3n) is 3.66. The normalized spacial score (nSPS) is 16.0. The van der Waals surface area contributed by atoms with Crippen LogP contribution in [0.25, 0.3) is 6.08 Å². The van der Waals surface area contributed by atoms with Crippen molar-refractivity contribution in [1.29, 1.82) is 0 Å². The summed E-state index contributed by atoms with van der Waals surface area (Å²) in [6.45, 7) is 0. The van der Waals surface area contributed by atoms with E-state index in [2.05, 4.69) is 0 Å². The number of nitrogens with zero attached hydrogens (tertiary/aromatic N) is 2. The van der Waals surface area contributed by atoms with Crippen molar-refractivity contribution in [1.82, 2.24) is 0 Å². The highest BCUT2D eigenvalue weighted by Gasteiger charge is 2.33. The zero-order chi connectivity index (χ0) is 18.1. The van der Waals surface area contributed by atoms with E-state index < -0.39 is 0 Å². The van der Waals surface area contributed by atoms with Crippen molar-refractivity contribution in [2.75, 3.05) is 23.9 Å². The largest absolute Gasteiger partial charge is 0.378 e. The number of thiocarbonyl (C=S) groups is 1. The van der Waals surface area contributed by atoms with Gasteiger partial charge < -0.3 is 4.90 Å². The van der Waals surface area contributed by atoms with Crippen LogP contribution in [0.3, 0.4) is 0 Å². The molecular weight excluding hydrogens is 395 g/mol. The molecule has 3 nitrogen and oxygen atoms in total. The SMILES string of the molecule is CN(C)c1ccc(N2C(=O)/C(=C/c3ccc(Cl)c(Cl)c3)SC2=S)cc1. The molecule has 0 aliphatic carbocycles. The molecule has 0 aromatic heterocycles. The van der Waals surface area contributed by atoms with Crippen molar-refractivity contribution >= 4 is 74.9 Å². The van der Waals surface area contributed by atoms with E-state index in [0.717, 1.165) is 16.9 Å². The number of hydrogen-bond acceptors (Lipinski definition) is 4. The van der Waals surface area contributed by atoms with Gasteiger partial charge in [0, 0.05) is 19.8 Å². The Bertz CT molecular complexity index is 879. The predicted octanol–water partition coefficient (Wildman–Crippen LogP) is 5.47. The van der Waals surface area contributed by atoms with E-state index >= 15 is 0 Å². The summed E-state index contributed by atoms with van der Waals surface area (Å²) >= 11 is 18.6. The Kier molecular flexibility index (Phi) is 5.39. The third-order valence-corrected chi connectivity index (χ3v) is 5.70. The molecule has 0 bridgehead atoms. The van der Waals surface area contributed by atoms with Crippen LogP contribution in [0.15, 0.2) is 47.4 Å². The van der Waals surface area contributed by atoms with Gasteiger partial charge in [-0.1, -0.05) is 53.2 Å². The summed E-state index contributed by atoms with van der Waals surface area (Å²) in [5.41, 5.74) is 2.61. The summed E-state index contributed by atoms with van der Waals surface area (Å²) in [6.07, 6.45) is 1.77. The first-order valence-electron chi connectivity index (χ1n) is 7.37. The van der Waals surface area contributed by atoms with E-state index in [4.69, 9.17) is 35.4 Å². The van der Waals surface area contributed by atoms with E-state index in [1.54, 1.807) is 23.1 Å². The van der Waals surface area contributed by atoms with Crippen LogP contribution in [0.4, 0.5) is 11.4 Å². The van der Waals surface area contributed by atoms with Crippen LogP contribution in [0.1, 0.15) is 5.56 Å². The predicted molar refractivity (Wildman–Crippen MR) is 113 cm³/mol. The highest BCUT2D eigenvalue weighted by atomic mass is 35.5. The Morgan fingerprint density at radius 3 is 2.36 bits per heavy atom. The Hall–Kier alpha value is -1.53. The smallest absolute Gasteiger partial charge is 0.270 e. The van der Waals surface area contributed by atoms with Gasteiger partial charge in [0.25, 0.3) is 5.91 Å². The summed E-state index contributed by atoms with van der Waals surface area (Å²) in [5, 5.41) is 0.928. The average Bonchev–Trinajstić information content (AvgIpc) is 2.85. The second kappa shape index (κ2) is 7.38. The molecule has 25 heavy (non-hydrogen) atoms. The minimum absolute atomic E-state index is 0.140. The van der Waals surface area contributed by atoms with Gasteiger partial charge in [0.05, 0.1) is 20.6 Å². The first-order chi connectivity index (χ1) is 11.9. The van der Waals surface area contributed by atoms with Crippen LogP contribution in [-0.2, 0) is 4.79 Å². The van der Waals surface area contributed by atoms with Crippen molar-refractivity contribution in [3.63, 3.8) is 0 Å². The number of anilines is 2. The number of carbonyl (C=O) groups is 1. The molecule has 1 aliphatic heterocycles. The molecular formula is C18H14Cl2N2OS2. The number of benzene rings is 2. The van der Waals surface area contributed by atoms with E-state index in [-0.39, 0.29) is 5.91 Å². The molecule has 0 radical (unpaired) electrons. The van der Waals surface area contributed by atoms with Gasteiger partial charge in [-0.2, -0.15) is 0 Å². The zero-order valence-electron chi connectivity index (χ0n) is 13.5. The topological polar surface area (TPSA) is 23.6 Å². The molecule has 0 atom stereocenters. The quantitative estimate of drug-likeness (QED) is 0.496. The molecule has 1 heterocycles. The lowest BCUT2D eigenvalue weighted by molar-refractivity contribution is -0.113. The Labute approximate surface area is 166 Å². The van der Waals surface area contributed by atoms with E-state index in [9.17, 15) is 4.79 Å². The zero-order valence-corrected chi connectivity index (χ0v) is 16.6. The maximum Gasteiger partial charge on any atom is 0.270 e. The fourth-order valence-electron chi connectivity index (χ4n) is 2.34. The van der Waals surface area contributed by atoms with Gasteiger partial charge in [-0.25, -0.2) is 0 Å². The minimum atomic E-state index is -0.140. The standard InChI is InChI=1S/C18H14Cl2N2OS2/c1-21(2)12-4-6-13(7-5-12)22-17(23)16(25-18(22)24)10-11-3-8-14(19)15(20)9-11/h3-10H,1-2H3/b16-10-. The van der Waals surface area contributed by atoms with Gasteiger partial charge in [-0.3, -0.25) is 9.69 Å². The molecule has 1 saturated heterocycles. The summed E-state index contributed by atoms with van der Waals surface area (Å²) < 4.78 is 0.508. The van der Waals surface area contributed by atoms with Crippen molar-refractivity contribution in [3.05, 3.63) is 63.0 Å². The first-order valence-corrected chi connectivity index (χ1v) is 9.35. The fourth-order valence-corrected chi connectivity index (χ4v) is 3.95. The van der Waals surface area contributed by atoms with Gasteiger partial charge >= 0.3 is 0 Å². The van der Waals surface area contributed by atoms with Gasteiger partial charge in [-0.15, -0.1) is 0 Å². The number of amides is 1. The summed E-state index contributed by atoms with van der Waals surface area (Å²) in [6, 6.07) is 12.9. The molecule has 128 valence electrons. The second-order valence-corrected chi connectivity index (χ2v) is 8.09. The number of thioether (sulfide) groups is 1. The van der Waals surface area contributed by atoms with E-state index in [1.807, 2.05) is 49.3 Å².